The largest absolute Gasteiger partial charge is 0.385 e. The Kier molecular flexibility index (Phi) is 5.22. The SMILES string of the molecule is CC1=CCCC(C)C1CN1CCC(C(O)c2nccn2C)CC1. The molecule has 1 aromatic rings. The molecule has 128 valence electrons. The lowest BCUT2D eigenvalue weighted by molar-refractivity contribution is 0.0457. The van der Waals surface area contributed by atoms with Crippen molar-refractivity contribution >= 4 is 0 Å². The van der Waals surface area contributed by atoms with Crippen LogP contribution in [0.3, 0.4) is 0 Å². The van der Waals surface area contributed by atoms with E-state index in [1.807, 2.05) is 17.8 Å². The standard InChI is InChI=1S/C19H31N3O/c1-14-5-4-6-15(2)17(14)13-22-10-7-16(8-11-22)18(23)19-20-9-12-21(19)3/h5,9,12,15-18,23H,4,6-8,10-11,13H2,1-3H3. The molecule has 0 bridgehead atoms. The van der Waals surface area contributed by atoms with Crippen molar-refractivity contribution < 1.29 is 5.11 Å². The van der Waals surface area contributed by atoms with Crippen molar-refractivity contribution in [1.29, 1.82) is 0 Å². The molecule has 0 radical (unpaired) electrons. The van der Waals surface area contributed by atoms with Crippen LogP contribution in [0.1, 0.15) is 51.5 Å². The smallest absolute Gasteiger partial charge is 0.137 e. The third-order valence-corrected chi connectivity index (χ3v) is 6.02. The Morgan fingerprint density at radius 3 is 2.65 bits per heavy atom. The number of aliphatic hydroxyl groups excluding tert-OH is 1. The van der Waals surface area contributed by atoms with E-state index in [1.54, 1.807) is 11.8 Å². The molecular weight excluding hydrogens is 286 g/mol. The normalized spacial score (nSPS) is 28.6. The third-order valence-electron chi connectivity index (χ3n) is 6.02. The van der Waals surface area contributed by atoms with Gasteiger partial charge in [-0.2, -0.15) is 0 Å². The molecule has 0 saturated carbocycles. The Balaban J connectivity index is 1.53. The maximum Gasteiger partial charge on any atom is 0.137 e. The summed E-state index contributed by atoms with van der Waals surface area (Å²) in [5.41, 5.74) is 1.58. The van der Waals surface area contributed by atoms with Gasteiger partial charge in [0.1, 0.15) is 11.9 Å². The number of hydrogen-bond donors (Lipinski definition) is 1. The number of likely N-dealkylation sites (tertiary alicyclic amines) is 1. The summed E-state index contributed by atoms with van der Waals surface area (Å²) in [6.45, 7) is 8.09. The second-order valence-corrected chi connectivity index (χ2v) is 7.59. The van der Waals surface area contributed by atoms with Crippen molar-refractivity contribution in [2.45, 2.75) is 45.6 Å². The first-order chi connectivity index (χ1) is 11.1. The van der Waals surface area contributed by atoms with Gasteiger partial charge in [0, 0.05) is 26.0 Å². The molecule has 3 atom stereocenters. The molecule has 1 saturated heterocycles. The van der Waals surface area contributed by atoms with E-state index in [4.69, 9.17) is 0 Å². The van der Waals surface area contributed by atoms with Crippen molar-refractivity contribution in [3.8, 4) is 0 Å². The molecule has 23 heavy (non-hydrogen) atoms. The number of rotatable bonds is 4. The quantitative estimate of drug-likeness (QED) is 0.867. The summed E-state index contributed by atoms with van der Waals surface area (Å²) in [6.07, 6.45) is 10.4. The number of allylic oxidation sites excluding steroid dienone is 1. The summed E-state index contributed by atoms with van der Waals surface area (Å²) in [5.74, 6) is 2.67. The van der Waals surface area contributed by atoms with Crippen LogP contribution in [0, 0.1) is 17.8 Å². The molecule has 1 aromatic heterocycles. The Hall–Kier alpha value is -1.13. The molecule has 4 nitrogen and oxygen atoms in total. The summed E-state index contributed by atoms with van der Waals surface area (Å²) in [6, 6.07) is 0. The van der Waals surface area contributed by atoms with Crippen LogP contribution in [0.5, 0.6) is 0 Å². The van der Waals surface area contributed by atoms with Gasteiger partial charge in [-0.05, 0) is 63.5 Å². The summed E-state index contributed by atoms with van der Waals surface area (Å²) in [5, 5.41) is 10.6. The Morgan fingerprint density at radius 1 is 1.30 bits per heavy atom. The summed E-state index contributed by atoms with van der Waals surface area (Å²) in [4.78, 5) is 6.92. The number of nitrogens with zero attached hydrogens (tertiary/aromatic N) is 3. The summed E-state index contributed by atoms with van der Waals surface area (Å²) >= 11 is 0. The second kappa shape index (κ2) is 7.18. The molecule has 0 aromatic carbocycles. The molecule has 1 N–H and O–H groups in total. The number of aryl methyl sites for hydroxylation is 1. The van der Waals surface area contributed by atoms with E-state index in [9.17, 15) is 5.11 Å². The Bertz CT molecular complexity index is 543. The van der Waals surface area contributed by atoms with Gasteiger partial charge in [-0.25, -0.2) is 4.98 Å². The minimum Gasteiger partial charge on any atom is -0.385 e. The third kappa shape index (κ3) is 3.69. The van der Waals surface area contributed by atoms with Gasteiger partial charge in [0.25, 0.3) is 0 Å². The highest BCUT2D eigenvalue weighted by atomic mass is 16.3. The predicted octanol–water partition coefficient (Wildman–Crippen LogP) is 3.16. The summed E-state index contributed by atoms with van der Waals surface area (Å²) < 4.78 is 1.94. The van der Waals surface area contributed by atoms with Crippen LogP contribution in [0.15, 0.2) is 24.0 Å². The van der Waals surface area contributed by atoms with Crippen molar-refractivity contribution in [2.24, 2.45) is 24.8 Å². The second-order valence-electron chi connectivity index (χ2n) is 7.59. The minimum absolute atomic E-state index is 0.341. The highest BCUT2D eigenvalue weighted by molar-refractivity contribution is 5.09. The van der Waals surface area contributed by atoms with Crippen molar-refractivity contribution in [3.63, 3.8) is 0 Å². The molecule has 1 aliphatic carbocycles. The van der Waals surface area contributed by atoms with Crippen molar-refractivity contribution in [3.05, 3.63) is 29.9 Å². The van der Waals surface area contributed by atoms with Gasteiger partial charge in [-0.3, -0.25) is 0 Å². The lowest BCUT2D eigenvalue weighted by Gasteiger charge is -2.38. The minimum atomic E-state index is -0.424. The van der Waals surface area contributed by atoms with E-state index in [0.717, 1.165) is 43.6 Å². The van der Waals surface area contributed by atoms with Crippen LogP contribution in [-0.2, 0) is 7.05 Å². The van der Waals surface area contributed by atoms with Crippen LogP contribution in [0.4, 0.5) is 0 Å². The summed E-state index contributed by atoms with van der Waals surface area (Å²) in [7, 11) is 1.96. The molecule has 2 aliphatic rings. The predicted molar refractivity (Wildman–Crippen MR) is 93.0 cm³/mol. The van der Waals surface area contributed by atoms with Crippen LogP contribution >= 0.6 is 0 Å². The highest BCUT2D eigenvalue weighted by Crippen LogP contribution is 2.34. The zero-order chi connectivity index (χ0) is 16.4. The zero-order valence-corrected chi connectivity index (χ0v) is 14.8. The highest BCUT2D eigenvalue weighted by Gasteiger charge is 2.30. The van der Waals surface area contributed by atoms with Gasteiger partial charge in [0.05, 0.1) is 0 Å². The lowest BCUT2D eigenvalue weighted by atomic mass is 9.79. The van der Waals surface area contributed by atoms with E-state index in [2.05, 4.69) is 29.8 Å². The van der Waals surface area contributed by atoms with Crippen LogP contribution in [0.25, 0.3) is 0 Å². The number of piperidine rings is 1. The monoisotopic (exact) mass is 317 g/mol. The molecule has 3 unspecified atom stereocenters. The van der Waals surface area contributed by atoms with Gasteiger partial charge < -0.3 is 14.6 Å². The lowest BCUT2D eigenvalue weighted by Crippen LogP contribution is -2.40. The molecule has 0 amide bonds. The number of imidazole rings is 1. The van der Waals surface area contributed by atoms with Gasteiger partial charge >= 0.3 is 0 Å². The average Bonchev–Trinajstić information content (AvgIpc) is 2.97. The fourth-order valence-electron chi connectivity index (χ4n) is 4.30. The van der Waals surface area contributed by atoms with Gasteiger partial charge in [-0.15, -0.1) is 0 Å². The van der Waals surface area contributed by atoms with Crippen molar-refractivity contribution in [2.75, 3.05) is 19.6 Å². The first kappa shape index (κ1) is 16.7. The van der Waals surface area contributed by atoms with E-state index in [0.29, 0.717) is 5.92 Å². The van der Waals surface area contributed by atoms with Gasteiger partial charge in [-0.1, -0.05) is 18.6 Å². The maximum atomic E-state index is 10.6. The molecule has 0 spiro atoms. The van der Waals surface area contributed by atoms with Crippen LogP contribution in [-0.4, -0.2) is 39.2 Å². The van der Waals surface area contributed by atoms with Crippen LogP contribution in [0.2, 0.25) is 0 Å². The number of aromatic nitrogens is 2. The van der Waals surface area contributed by atoms with E-state index < -0.39 is 6.10 Å². The van der Waals surface area contributed by atoms with E-state index in [-0.39, 0.29) is 0 Å². The first-order valence-electron chi connectivity index (χ1n) is 9.10. The Labute approximate surface area is 140 Å². The number of hydrogen-bond acceptors (Lipinski definition) is 3. The maximum absolute atomic E-state index is 10.6. The fraction of sp³-hybridized carbons (Fsp3) is 0.737. The van der Waals surface area contributed by atoms with Gasteiger partial charge in [0.2, 0.25) is 0 Å². The molecular formula is C19H31N3O. The molecule has 2 heterocycles. The Morgan fingerprint density at radius 2 is 2.04 bits per heavy atom. The zero-order valence-electron chi connectivity index (χ0n) is 14.8. The number of aliphatic hydroxyl groups is 1. The molecule has 4 heteroatoms. The topological polar surface area (TPSA) is 41.3 Å². The molecule has 3 rings (SSSR count). The van der Waals surface area contributed by atoms with Crippen molar-refractivity contribution in [1.82, 2.24) is 14.5 Å². The van der Waals surface area contributed by atoms with Crippen LogP contribution < -0.4 is 0 Å². The molecule has 1 fully saturated rings. The first-order valence-corrected chi connectivity index (χ1v) is 9.10. The fourth-order valence-corrected chi connectivity index (χ4v) is 4.30. The average molecular weight is 317 g/mol. The van der Waals surface area contributed by atoms with E-state index >= 15 is 0 Å². The van der Waals surface area contributed by atoms with E-state index in [1.165, 1.54) is 19.4 Å². The molecule has 1 aliphatic heterocycles. The van der Waals surface area contributed by atoms with Gasteiger partial charge in [0.15, 0.2) is 0 Å².